The van der Waals surface area contributed by atoms with Gasteiger partial charge < -0.3 is 15.0 Å². The Bertz CT molecular complexity index is 993. The van der Waals surface area contributed by atoms with E-state index < -0.39 is 18.4 Å². The number of benzene rings is 1. The summed E-state index contributed by atoms with van der Waals surface area (Å²) < 4.78 is 30.6. The molecule has 11 heteroatoms. The van der Waals surface area contributed by atoms with Crippen molar-refractivity contribution < 1.29 is 23.1 Å². The number of para-hydroxylation sites is 1. The van der Waals surface area contributed by atoms with E-state index in [9.17, 15) is 18.4 Å². The van der Waals surface area contributed by atoms with Crippen LogP contribution >= 0.6 is 23.1 Å². The normalized spacial score (nSPS) is 16.1. The van der Waals surface area contributed by atoms with Gasteiger partial charge in [-0.05, 0) is 31.9 Å². The van der Waals surface area contributed by atoms with Crippen molar-refractivity contribution in [1.29, 1.82) is 5.26 Å². The molecule has 2 aromatic rings. The van der Waals surface area contributed by atoms with Crippen molar-refractivity contribution in [2.75, 3.05) is 24.2 Å². The topological polar surface area (TPSA) is 95.3 Å². The van der Waals surface area contributed by atoms with Crippen LogP contribution in [0.2, 0.25) is 0 Å². The molecule has 1 fully saturated rings. The first-order valence-electron chi connectivity index (χ1n) is 9.50. The van der Waals surface area contributed by atoms with Crippen LogP contribution in [-0.2, 0) is 4.79 Å². The Morgan fingerprint density at radius 2 is 2.23 bits per heavy atom. The summed E-state index contributed by atoms with van der Waals surface area (Å²) in [6.07, 6.45) is 1.22. The molecule has 1 unspecified atom stereocenters. The second kappa shape index (κ2) is 10.5. The van der Waals surface area contributed by atoms with Gasteiger partial charge in [0.15, 0.2) is 5.13 Å². The van der Waals surface area contributed by atoms with E-state index in [1.54, 1.807) is 6.07 Å². The van der Waals surface area contributed by atoms with Gasteiger partial charge in [0, 0.05) is 13.1 Å². The van der Waals surface area contributed by atoms with Crippen LogP contribution < -0.4 is 10.1 Å². The Morgan fingerprint density at radius 3 is 2.97 bits per heavy atom. The predicted molar refractivity (Wildman–Crippen MR) is 114 cm³/mol. The van der Waals surface area contributed by atoms with Gasteiger partial charge >= 0.3 is 6.61 Å². The minimum absolute atomic E-state index is 0.0403. The molecule has 1 atom stereocenters. The molecule has 0 radical (unpaired) electrons. The maximum Gasteiger partial charge on any atom is 0.387 e. The minimum atomic E-state index is -3.04. The molecule has 1 aliphatic rings. The SMILES string of the molecule is Cc1nc(NC(=O)C2CCCN(C(=O)c3ccccc3OC(F)F)C2)sc1SCC#N. The molecular weight excluding hydrogens is 446 g/mol. The van der Waals surface area contributed by atoms with Crippen LogP contribution in [0.4, 0.5) is 13.9 Å². The van der Waals surface area contributed by atoms with Gasteiger partial charge in [0.1, 0.15) is 5.75 Å². The highest BCUT2D eigenvalue weighted by atomic mass is 32.2. The van der Waals surface area contributed by atoms with Crippen molar-refractivity contribution in [1.82, 2.24) is 9.88 Å². The summed E-state index contributed by atoms with van der Waals surface area (Å²) in [4.78, 5) is 31.5. The third kappa shape index (κ3) is 5.92. The third-order valence-corrected chi connectivity index (χ3v) is 6.97. The van der Waals surface area contributed by atoms with Gasteiger partial charge in [-0.15, -0.1) is 0 Å². The number of nitriles is 1. The Kier molecular flexibility index (Phi) is 7.81. The van der Waals surface area contributed by atoms with Crippen LogP contribution in [0, 0.1) is 24.2 Å². The van der Waals surface area contributed by atoms with Gasteiger partial charge in [0.2, 0.25) is 5.91 Å². The highest BCUT2D eigenvalue weighted by Gasteiger charge is 2.31. The van der Waals surface area contributed by atoms with Crippen LogP contribution in [-0.4, -0.2) is 47.2 Å². The number of amides is 2. The molecule has 3 rings (SSSR count). The fourth-order valence-corrected chi connectivity index (χ4v) is 5.07. The summed E-state index contributed by atoms with van der Waals surface area (Å²) in [7, 11) is 0. The van der Waals surface area contributed by atoms with Gasteiger partial charge in [-0.25, -0.2) is 4.98 Å². The molecule has 2 heterocycles. The number of alkyl halides is 2. The number of anilines is 1. The molecule has 0 bridgehead atoms. The number of aryl methyl sites for hydroxylation is 1. The molecule has 2 amide bonds. The van der Waals surface area contributed by atoms with Crippen LogP contribution in [0.1, 0.15) is 28.9 Å². The lowest BCUT2D eigenvalue weighted by atomic mass is 9.96. The molecule has 0 aliphatic carbocycles. The van der Waals surface area contributed by atoms with Crippen molar-refractivity contribution in [2.45, 2.75) is 30.6 Å². The number of carbonyl (C=O) groups excluding carboxylic acids is 2. The number of likely N-dealkylation sites (tertiary alicyclic amines) is 1. The van der Waals surface area contributed by atoms with Crippen LogP contribution in [0.5, 0.6) is 5.75 Å². The summed E-state index contributed by atoms with van der Waals surface area (Å²) in [6, 6.07) is 7.90. The maximum atomic E-state index is 12.9. The Balaban J connectivity index is 1.66. The average Bonchev–Trinajstić information content (AvgIpc) is 3.10. The summed E-state index contributed by atoms with van der Waals surface area (Å²) >= 11 is 2.67. The second-order valence-corrected chi connectivity index (χ2v) is 9.04. The average molecular weight is 467 g/mol. The largest absolute Gasteiger partial charge is 0.434 e. The maximum absolute atomic E-state index is 12.9. The second-order valence-electron chi connectivity index (χ2n) is 6.79. The molecule has 1 aliphatic heterocycles. The quantitative estimate of drug-likeness (QED) is 0.616. The number of nitrogens with one attached hydrogen (secondary N) is 1. The van der Waals surface area contributed by atoms with Gasteiger partial charge in [-0.2, -0.15) is 14.0 Å². The first kappa shape index (κ1) is 23.0. The molecule has 31 heavy (non-hydrogen) atoms. The number of nitrogens with zero attached hydrogens (tertiary/aromatic N) is 3. The van der Waals surface area contributed by atoms with Crippen LogP contribution in [0.25, 0.3) is 0 Å². The Morgan fingerprint density at radius 1 is 1.45 bits per heavy atom. The number of thiazole rings is 1. The van der Waals surface area contributed by atoms with Gasteiger partial charge in [-0.3, -0.25) is 9.59 Å². The lowest BCUT2D eigenvalue weighted by molar-refractivity contribution is -0.121. The molecule has 1 aromatic heterocycles. The molecular formula is C20H20F2N4O3S2. The standard InChI is InChI=1S/C20H20F2N4O3S2/c1-12-18(30-10-8-23)31-20(24-12)25-16(27)13-5-4-9-26(11-13)17(28)14-6-2-3-7-15(14)29-19(21)22/h2-3,6-7,13,19H,4-5,9-11H2,1H3,(H,24,25,27). The van der Waals surface area contributed by atoms with Crippen molar-refractivity contribution in [2.24, 2.45) is 5.92 Å². The molecule has 0 spiro atoms. The van der Waals surface area contributed by atoms with E-state index in [2.05, 4.69) is 21.1 Å². The van der Waals surface area contributed by atoms with Crippen LogP contribution in [0.15, 0.2) is 28.5 Å². The van der Waals surface area contributed by atoms with E-state index in [1.165, 1.54) is 46.2 Å². The Hall–Kier alpha value is -2.71. The van der Waals surface area contributed by atoms with E-state index in [-0.39, 0.29) is 23.8 Å². The fraction of sp³-hybridized carbons (Fsp3) is 0.400. The van der Waals surface area contributed by atoms with E-state index in [0.29, 0.717) is 30.3 Å². The molecule has 1 aromatic carbocycles. The number of carbonyl (C=O) groups is 2. The molecule has 7 nitrogen and oxygen atoms in total. The smallest absolute Gasteiger partial charge is 0.387 e. The van der Waals surface area contributed by atoms with E-state index >= 15 is 0 Å². The molecule has 0 saturated carbocycles. The van der Waals surface area contributed by atoms with E-state index in [0.717, 1.165) is 9.90 Å². The molecule has 1 N–H and O–H groups in total. The summed E-state index contributed by atoms with van der Waals surface area (Å²) in [5, 5.41) is 12.0. The number of piperidine rings is 1. The van der Waals surface area contributed by atoms with Gasteiger partial charge in [0.05, 0.1) is 33.2 Å². The van der Waals surface area contributed by atoms with E-state index in [4.69, 9.17) is 5.26 Å². The zero-order valence-electron chi connectivity index (χ0n) is 16.6. The first-order chi connectivity index (χ1) is 14.9. The van der Waals surface area contributed by atoms with E-state index in [1.807, 2.05) is 6.92 Å². The monoisotopic (exact) mass is 466 g/mol. The minimum Gasteiger partial charge on any atom is -0.434 e. The lowest BCUT2D eigenvalue weighted by Crippen LogP contribution is -2.43. The zero-order chi connectivity index (χ0) is 22.4. The number of ether oxygens (including phenoxy) is 1. The van der Waals surface area contributed by atoms with Crippen molar-refractivity contribution in [3.05, 3.63) is 35.5 Å². The fourth-order valence-electron chi connectivity index (χ4n) is 3.26. The number of thioether (sulfide) groups is 1. The zero-order valence-corrected chi connectivity index (χ0v) is 18.3. The van der Waals surface area contributed by atoms with Crippen molar-refractivity contribution in [3.63, 3.8) is 0 Å². The number of rotatable bonds is 7. The lowest BCUT2D eigenvalue weighted by Gasteiger charge is -2.32. The highest BCUT2D eigenvalue weighted by molar-refractivity contribution is 8.01. The summed E-state index contributed by atoms with van der Waals surface area (Å²) in [5.74, 6) is -1.03. The number of hydrogen-bond acceptors (Lipinski definition) is 7. The Labute approximate surface area is 186 Å². The molecule has 1 saturated heterocycles. The number of hydrogen-bond donors (Lipinski definition) is 1. The van der Waals surface area contributed by atoms with Crippen LogP contribution in [0.3, 0.4) is 0 Å². The predicted octanol–water partition coefficient (Wildman–Crippen LogP) is 4.16. The number of halogens is 2. The number of aromatic nitrogens is 1. The van der Waals surface area contributed by atoms with Gasteiger partial charge in [-0.1, -0.05) is 35.2 Å². The molecule has 164 valence electrons. The first-order valence-corrected chi connectivity index (χ1v) is 11.3. The van der Waals surface area contributed by atoms with Crippen molar-refractivity contribution in [3.8, 4) is 11.8 Å². The van der Waals surface area contributed by atoms with Crippen molar-refractivity contribution >= 4 is 40.0 Å². The van der Waals surface area contributed by atoms with Gasteiger partial charge in [0.25, 0.3) is 5.91 Å². The summed E-state index contributed by atoms with van der Waals surface area (Å²) in [5.41, 5.74) is 0.787. The third-order valence-electron chi connectivity index (χ3n) is 4.66. The summed E-state index contributed by atoms with van der Waals surface area (Å²) in [6.45, 7) is -0.622. The highest BCUT2D eigenvalue weighted by Crippen LogP contribution is 2.32.